The van der Waals surface area contributed by atoms with Crippen LogP contribution in [0, 0.1) is 0 Å². The van der Waals surface area contributed by atoms with Crippen molar-refractivity contribution in [3.8, 4) is 0 Å². The third-order valence-corrected chi connectivity index (χ3v) is 4.19. The first kappa shape index (κ1) is 13.7. The summed E-state index contributed by atoms with van der Waals surface area (Å²) in [5, 5.41) is 4.96. The van der Waals surface area contributed by atoms with E-state index < -0.39 is 0 Å². The highest BCUT2D eigenvalue weighted by Crippen LogP contribution is 2.23. The van der Waals surface area contributed by atoms with Crippen molar-refractivity contribution in [1.29, 1.82) is 0 Å². The molecule has 0 saturated heterocycles. The van der Waals surface area contributed by atoms with E-state index in [9.17, 15) is 0 Å². The Balaban J connectivity index is 1.38. The Hall–Kier alpha value is -1.32. The summed E-state index contributed by atoms with van der Waals surface area (Å²) in [6.07, 6.45) is 6.24. The van der Waals surface area contributed by atoms with Gasteiger partial charge in [0, 0.05) is 30.9 Å². The zero-order valence-electron chi connectivity index (χ0n) is 12.2. The number of nitrogens with zero attached hydrogens (tertiary/aromatic N) is 1. The van der Waals surface area contributed by atoms with Gasteiger partial charge in [0.1, 0.15) is 0 Å². The first-order chi connectivity index (χ1) is 9.86. The summed E-state index contributed by atoms with van der Waals surface area (Å²) >= 11 is 0. The first-order valence-electron chi connectivity index (χ1n) is 7.75. The minimum Gasteiger partial charge on any atom is -0.378 e. The van der Waals surface area contributed by atoms with Crippen molar-refractivity contribution in [2.24, 2.45) is 0 Å². The van der Waals surface area contributed by atoms with E-state index in [1.807, 2.05) is 0 Å². The van der Waals surface area contributed by atoms with Gasteiger partial charge in [-0.15, -0.1) is 0 Å². The summed E-state index contributed by atoms with van der Waals surface area (Å²) in [6, 6.07) is 11.4. The Labute approximate surface area is 120 Å². The van der Waals surface area contributed by atoms with Gasteiger partial charge in [0.2, 0.25) is 0 Å². The van der Waals surface area contributed by atoms with Crippen LogP contribution in [0.15, 0.2) is 36.5 Å². The topological polar surface area (TPSA) is 26.2 Å². The van der Waals surface area contributed by atoms with E-state index in [2.05, 4.69) is 53.3 Å². The second-order valence-electron chi connectivity index (χ2n) is 5.62. The number of aromatic nitrogens is 1. The second kappa shape index (κ2) is 6.42. The van der Waals surface area contributed by atoms with Crippen LogP contribution >= 0.6 is 0 Å². The highest BCUT2D eigenvalue weighted by atomic mass is 16.5. The lowest BCUT2D eigenvalue weighted by Gasteiger charge is -2.35. The van der Waals surface area contributed by atoms with Crippen LogP contribution in [0.3, 0.4) is 0 Å². The van der Waals surface area contributed by atoms with Crippen molar-refractivity contribution >= 4 is 10.9 Å². The number of rotatable bonds is 7. The third kappa shape index (κ3) is 3.05. The van der Waals surface area contributed by atoms with Crippen LogP contribution in [0.5, 0.6) is 0 Å². The number of nitrogens with one attached hydrogen (secondary N) is 1. The minimum absolute atomic E-state index is 0.505. The van der Waals surface area contributed by atoms with E-state index in [4.69, 9.17) is 4.74 Å². The van der Waals surface area contributed by atoms with E-state index in [-0.39, 0.29) is 0 Å². The van der Waals surface area contributed by atoms with Gasteiger partial charge < -0.3 is 14.6 Å². The highest BCUT2D eigenvalue weighted by molar-refractivity contribution is 5.79. The largest absolute Gasteiger partial charge is 0.378 e. The molecule has 20 heavy (non-hydrogen) atoms. The maximum Gasteiger partial charge on any atom is 0.0604 e. The Kier molecular flexibility index (Phi) is 4.38. The van der Waals surface area contributed by atoms with Gasteiger partial charge in [0.15, 0.2) is 0 Å². The van der Waals surface area contributed by atoms with Crippen LogP contribution in [-0.4, -0.2) is 29.9 Å². The van der Waals surface area contributed by atoms with Crippen molar-refractivity contribution in [3.05, 3.63) is 36.5 Å². The molecule has 0 atom stereocenters. The fourth-order valence-electron chi connectivity index (χ4n) is 3.00. The van der Waals surface area contributed by atoms with Gasteiger partial charge in [-0.05, 0) is 50.2 Å². The van der Waals surface area contributed by atoms with E-state index in [1.54, 1.807) is 0 Å². The molecular formula is C17H24N2O. The van der Waals surface area contributed by atoms with Crippen LogP contribution in [0.25, 0.3) is 10.9 Å². The molecule has 3 heteroatoms. The van der Waals surface area contributed by atoms with Crippen LogP contribution in [0.1, 0.15) is 26.2 Å². The highest BCUT2D eigenvalue weighted by Gasteiger charge is 2.28. The quantitative estimate of drug-likeness (QED) is 0.783. The number of hydrogen-bond donors (Lipinski definition) is 1. The SMILES string of the molecule is CCOC1CC(NCCCn2ccc3ccccc32)C1. The summed E-state index contributed by atoms with van der Waals surface area (Å²) in [7, 11) is 0. The molecule has 1 aliphatic rings. The molecule has 1 aliphatic carbocycles. The first-order valence-corrected chi connectivity index (χ1v) is 7.75. The summed E-state index contributed by atoms with van der Waals surface area (Å²) in [4.78, 5) is 0. The molecule has 1 fully saturated rings. The van der Waals surface area contributed by atoms with E-state index in [0.717, 1.165) is 19.7 Å². The number of aryl methyl sites for hydroxylation is 1. The second-order valence-corrected chi connectivity index (χ2v) is 5.62. The van der Waals surface area contributed by atoms with Crippen molar-refractivity contribution < 1.29 is 4.74 Å². The normalized spacial score (nSPS) is 22.1. The lowest BCUT2D eigenvalue weighted by molar-refractivity contribution is -0.00977. The van der Waals surface area contributed by atoms with Crippen LogP contribution in [0.4, 0.5) is 0 Å². The predicted octanol–water partition coefficient (Wildman–Crippen LogP) is 3.19. The van der Waals surface area contributed by atoms with Crippen molar-refractivity contribution in [1.82, 2.24) is 9.88 Å². The summed E-state index contributed by atoms with van der Waals surface area (Å²) in [6.45, 7) is 5.10. The Morgan fingerprint density at radius 2 is 2.10 bits per heavy atom. The number of benzene rings is 1. The molecule has 1 aromatic heterocycles. The number of hydrogen-bond acceptors (Lipinski definition) is 2. The van der Waals surface area contributed by atoms with E-state index in [1.165, 1.54) is 30.2 Å². The monoisotopic (exact) mass is 272 g/mol. The lowest BCUT2D eigenvalue weighted by Crippen LogP contribution is -2.45. The molecule has 3 nitrogen and oxygen atoms in total. The van der Waals surface area contributed by atoms with Gasteiger partial charge in [-0.3, -0.25) is 0 Å². The van der Waals surface area contributed by atoms with Crippen LogP contribution in [-0.2, 0) is 11.3 Å². The molecule has 0 aliphatic heterocycles. The van der Waals surface area contributed by atoms with Gasteiger partial charge in [-0.2, -0.15) is 0 Å². The molecule has 1 saturated carbocycles. The predicted molar refractivity (Wildman–Crippen MR) is 83.0 cm³/mol. The molecule has 3 rings (SSSR count). The molecule has 0 amide bonds. The number of ether oxygens (including phenoxy) is 1. The molecule has 0 spiro atoms. The Morgan fingerprint density at radius 3 is 2.95 bits per heavy atom. The maximum absolute atomic E-state index is 5.58. The molecule has 0 radical (unpaired) electrons. The van der Waals surface area contributed by atoms with E-state index >= 15 is 0 Å². The molecule has 2 aromatic rings. The third-order valence-electron chi connectivity index (χ3n) is 4.19. The van der Waals surface area contributed by atoms with Gasteiger partial charge in [0.05, 0.1) is 6.10 Å². The molecule has 1 aromatic carbocycles. The van der Waals surface area contributed by atoms with Crippen molar-refractivity contribution in [2.75, 3.05) is 13.2 Å². The van der Waals surface area contributed by atoms with Crippen molar-refractivity contribution in [3.63, 3.8) is 0 Å². The Morgan fingerprint density at radius 1 is 1.25 bits per heavy atom. The Bertz CT molecular complexity index is 543. The number of fused-ring (bicyclic) bond motifs is 1. The van der Waals surface area contributed by atoms with Gasteiger partial charge in [0.25, 0.3) is 0 Å². The molecule has 0 bridgehead atoms. The molecule has 0 unspecified atom stereocenters. The van der Waals surface area contributed by atoms with Gasteiger partial charge >= 0.3 is 0 Å². The minimum atomic E-state index is 0.505. The number of para-hydroxylation sites is 1. The summed E-state index contributed by atoms with van der Waals surface area (Å²) in [5.41, 5.74) is 1.34. The zero-order valence-corrected chi connectivity index (χ0v) is 12.2. The van der Waals surface area contributed by atoms with E-state index in [0.29, 0.717) is 12.1 Å². The fraction of sp³-hybridized carbons (Fsp3) is 0.529. The standard InChI is InChI=1S/C17H24N2O/c1-2-20-16-12-15(13-16)18-9-5-10-19-11-8-14-6-3-4-7-17(14)19/h3-4,6-8,11,15-16,18H,2,5,9-10,12-13H2,1H3. The van der Waals surface area contributed by atoms with Gasteiger partial charge in [-0.1, -0.05) is 18.2 Å². The summed E-state index contributed by atoms with van der Waals surface area (Å²) in [5.74, 6) is 0. The fourth-order valence-corrected chi connectivity index (χ4v) is 3.00. The summed E-state index contributed by atoms with van der Waals surface area (Å²) < 4.78 is 7.93. The van der Waals surface area contributed by atoms with Crippen LogP contribution < -0.4 is 5.32 Å². The average Bonchev–Trinajstić information content (AvgIpc) is 2.83. The molecular weight excluding hydrogens is 248 g/mol. The van der Waals surface area contributed by atoms with Gasteiger partial charge in [-0.25, -0.2) is 0 Å². The van der Waals surface area contributed by atoms with Crippen molar-refractivity contribution in [2.45, 2.75) is 44.9 Å². The maximum atomic E-state index is 5.58. The lowest BCUT2D eigenvalue weighted by atomic mass is 9.89. The smallest absolute Gasteiger partial charge is 0.0604 e. The molecule has 108 valence electrons. The average molecular weight is 272 g/mol. The van der Waals surface area contributed by atoms with Crippen LogP contribution in [0.2, 0.25) is 0 Å². The molecule has 1 N–H and O–H groups in total. The zero-order chi connectivity index (χ0) is 13.8. The molecule has 1 heterocycles.